The zero-order valence-electron chi connectivity index (χ0n) is 11.2. The van der Waals surface area contributed by atoms with Gasteiger partial charge in [-0.2, -0.15) is 0 Å². The molecular formula is C16H15NO3. The average molecular weight is 269 g/mol. The second-order valence-corrected chi connectivity index (χ2v) is 4.53. The molecule has 0 atom stereocenters. The molecule has 4 nitrogen and oxygen atoms in total. The standard InChI is InChI=1S/C16H15NO3/c1-17(12-6-3-2-4-7-12)16(18)13-8-5-9-14-15(13)20-11-10-19-14/h2-9H,10-11H2,1H3. The Bertz CT molecular complexity index is 625. The Balaban J connectivity index is 1.95. The van der Waals surface area contributed by atoms with Gasteiger partial charge in [0.25, 0.3) is 5.91 Å². The van der Waals surface area contributed by atoms with E-state index in [1.165, 1.54) is 0 Å². The van der Waals surface area contributed by atoms with Crippen molar-refractivity contribution in [3.8, 4) is 11.5 Å². The van der Waals surface area contributed by atoms with Crippen LogP contribution in [0.5, 0.6) is 11.5 Å². The van der Waals surface area contributed by atoms with Gasteiger partial charge in [0.15, 0.2) is 11.5 Å². The highest BCUT2D eigenvalue weighted by Gasteiger charge is 2.23. The molecule has 2 aromatic carbocycles. The summed E-state index contributed by atoms with van der Waals surface area (Å²) < 4.78 is 11.1. The van der Waals surface area contributed by atoms with E-state index < -0.39 is 0 Å². The molecule has 1 aliphatic heterocycles. The normalized spacial score (nSPS) is 12.8. The Hall–Kier alpha value is -2.49. The van der Waals surface area contributed by atoms with Gasteiger partial charge in [-0.05, 0) is 24.3 Å². The topological polar surface area (TPSA) is 38.8 Å². The van der Waals surface area contributed by atoms with Crippen LogP contribution in [0.3, 0.4) is 0 Å². The van der Waals surface area contributed by atoms with Gasteiger partial charge in [-0.15, -0.1) is 0 Å². The highest BCUT2D eigenvalue weighted by atomic mass is 16.6. The van der Waals surface area contributed by atoms with E-state index in [1.807, 2.05) is 36.4 Å². The Morgan fingerprint density at radius 3 is 2.55 bits per heavy atom. The summed E-state index contributed by atoms with van der Waals surface area (Å²) in [7, 11) is 1.75. The van der Waals surface area contributed by atoms with Gasteiger partial charge in [0.05, 0.1) is 5.56 Å². The van der Waals surface area contributed by atoms with Gasteiger partial charge in [-0.3, -0.25) is 4.79 Å². The lowest BCUT2D eigenvalue weighted by Gasteiger charge is -2.23. The van der Waals surface area contributed by atoms with Crippen LogP contribution in [0.1, 0.15) is 10.4 Å². The minimum atomic E-state index is -0.112. The molecule has 20 heavy (non-hydrogen) atoms. The summed E-state index contributed by atoms with van der Waals surface area (Å²) in [5.74, 6) is 1.05. The van der Waals surface area contributed by atoms with Gasteiger partial charge in [0.1, 0.15) is 13.2 Å². The third-order valence-corrected chi connectivity index (χ3v) is 3.24. The van der Waals surface area contributed by atoms with Crippen LogP contribution in [0, 0.1) is 0 Å². The SMILES string of the molecule is CN(C(=O)c1cccc2c1OCCO2)c1ccccc1. The lowest BCUT2D eigenvalue weighted by Crippen LogP contribution is -2.28. The summed E-state index contributed by atoms with van der Waals surface area (Å²) in [5, 5.41) is 0. The number of nitrogens with zero attached hydrogens (tertiary/aromatic N) is 1. The minimum Gasteiger partial charge on any atom is -0.486 e. The molecule has 0 spiro atoms. The second-order valence-electron chi connectivity index (χ2n) is 4.53. The summed E-state index contributed by atoms with van der Waals surface area (Å²) in [5.41, 5.74) is 1.36. The van der Waals surface area contributed by atoms with Gasteiger partial charge in [-0.25, -0.2) is 0 Å². The molecular weight excluding hydrogens is 254 g/mol. The van der Waals surface area contributed by atoms with E-state index in [1.54, 1.807) is 24.1 Å². The van der Waals surface area contributed by atoms with Gasteiger partial charge < -0.3 is 14.4 Å². The Kier molecular flexibility index (Phi) is 3.29. The number of benzene rings is 2. The maximum absolute atomic E-state index is 12.6. The van der Waals surface area contributed by atoms with Crippen LogP contribution in [0.2, 0.25) is 0 Å². The van der Waals surface area contributed by atoms with Crippen molar-refractivity contribution in [3.63, 3.8) is 0 Å². The number of rotatable bonds is 2. The maximum Gasteiger partial charge on any atom is 0.261 e. The van der Waals surface area contributed by atoms with Crippen LogP contribution in [0.25, 0.3) is 0 Å². The third kappa shape index (κ3) is 2.20. The highest BCUT2D eigenvalue weighted by Crippen LogP contribution is 2.34. The van der Waals surface area contributed by atoms with Crippen molar-refractivity contribution in [1.29, 1.82) is 0 Å². The fraction of sp³-hybridized carbons (Fsp3) is 0.188. The van der Waals surface area contributed by atoms with Gasteiger partial charge in [0.2, 0.25) is 0 Å². The molecule has 0 fully saturated rings. The summed E-state index contributed by atoms with van der Waals surface area (Å²) in [6.45, 7) is 0.978. The summed E-state index contributed by atoms with van der Waals surface area (Å²) in [6, 6.07) is 14.9. The number of fused-ring (bicyclic) bond motifs is 1. The monoisotopic (exact) mass is 269 g/mol. The first kappa shape index (κ1) is 12.5. The third-order valence-electron chi connectivity index (χ3n) is 3.24. The van der Waals surface area contributed by atoms with Crippen molar-refractivity contribution in [2.45, 2.75) is 0 Å². The van der Waals surface area contributed by atoms with Crippen LogP contribution >= 0.6 is 0 Å². The smallest absolute Gasteiger partial charge is 0.261 e. The van der Waals surface area contributed by atoms with E-state index in [-0.39, 0.29) is 5.91 Å². The predicted molar refractivity (Wildman–Crippen MR) is 76.6 cm³/mol. The highest BCUT2D eigenvalue weighted by molar-refractivity contribution is 6.08. The van der Waals surface area contributed by atoms with Gasteiger partial charge >= 0.3 is 0 Å². The van der Waals surface area contributed by atoms with Crippen LogP contribution in [0.4, 0.5) is 5.69 Å². The lowest BCUT2D eigenvalue weighted by atomic mass is 10.1. The average Bonchev–Trinajstić information content (AvgIpc) is 2.54. The summed E-state index contributed by atoms with van der Waals surface area (Å²) in [6.07, 6.45) is 0. The zero-order chi connectivity index (χ0) is 13.9. The molecule has 102 valence electrons. The molecule has 1 amide bonds. The molecule has 3 rings (SSSR count). The van der Waals surface area contributed by atoms with E-state index >= 15 is 0 Å². The molecule has 0 bridgehead atoms. The van der Waals surface area contributed by atoms with Crippen molar-refractivity contribution in [2.75, 3.05) is 25.2 Å². The van der Waals surface area contributed by atoms with E-state index in [0.717, 1.165) is 5.69 Å². The quantitative estimate of drug-likeness (QED) is 0.841. The Labute approximate surface area is 117 Å². The van der Waals surface area contributed by atoms with Crippen molar-refractivity contribution in [3.05, 3.63) is 54.1 Å². The number of hydrogen-bond acceptors (Lipinski definition) is 3. The number of carbonyl (C=O) groups is 1. The molecule has 1 aliphatic rings. The molecule has 0 saturated carbocycles. The molecule has 2 aromatic rings. The molecule has 0 radical (unpaired) electrons. The maximum atomic E-state index is 12.6. The number of ether oxygens (including phenoxy) is 2. The molecule has 0 aliphatic carbocycles. The van der Waals surface area contributed by atoms with Crippen molar-refractivity contribution in [1.82, 2.24) is 0 Å². The van der Waals surface area contributed by atoms with Crippen molar-refractivity contribution in [2.24, 2.45) is 0 Å². The first-order chi connectivity index (χ1) is 9.77. The fourth-order valence-corrected chi connectivity index (χ4v) is 2.19. The molecule has 0 unspecified atom stereocenters. The number of amides is 1. The second kappa shape index (κ2) is 5.25. The first-order valence-electron chi connectivity index (χ1n) is 6.49. The number of anilines is 1. The molecule has 0 saturated heterocycles. The molecule has 0 aromatic heterocycles. The fourth-order valence-electron chi connectivity index (χ4n) is 2.19. The van der Waals surface area contributed by atoms with Crippen molar-refractivity contribution >= 4 is 11.6 Å². The van der Waals surface area contributed by atoms with Crippen LogP contribution in [0.15, 0.2) is 48.5 Å². The van der Waals surface area contributed by atoms with Gasteiger partial charge in [-0.1, -0.05) is 24.3 Å². The van der Waals surface area contributed by atoms with Crippen molar-refractivity contribution < 1.29 is 14.3 Å². The largest absolute Gasteiger partial charge is 0.486 e. The van der Waals surface area contributed by atoms with Crippen LogP contribution in [-0.4, -0.2) is 26.2 Å². The first-order valence-corrected chi connectivity index (χ1v) is 6.49. The lowest BCUT2D eigenvalue weighted by molar-refractivity contribution is 0.0982. The van der Waals surface area contributed by atoms with Gasteiger partial charge in [0, 0.05) is 12.7 Å². The van der Waals surface area contributed by atoms with E-state index in [4.69, 9.17) is 9.47 Å². The molecule has 1 heterocycles. The van der Waals surface area contributed by atoms with Crippen LogP contribution < -0.4 is 14.4 Å². The number of para-hydroxylation sites is 2. The number of hydrogen-bond donors (Lipinski definition) is 0. The van der Waals surface area contributed by atoms with E-state index in [2.05, 4.69) is 0 Å². The Morgan fingerprint density at radius 2 is 1.75 bits per heavy atom. The Morgan fingerprint density at radius 1 is 1.00 bits per heavy atom. The van der Waals surface area contributed by atoms with E-state index in [9.17, 15) is 4.79 Å². The number of carbonyl (C=O) groups excluding carboxylic acids is 1. The zero-order valence-corrected chi connectivity index (χ0v) is 11.2. The predicted octanol–water partition coefficient (Wildman–Crippen LogP) is 2.73. The van der Waals surface area contributed by atoms with E-state index in [0.29, 0.717) is 30.3 Å². The molecule has 0 N–H and O–H groups in total. The summed E-state index contributed by atoms with van der Waals surface area (Å²) in [4.78, 5) is 14.2. The molecule has 4 heteroatoms. The summed E-state index contributed by atoms with van der Waals surface area (Å²) >= 11 is 0. The minimum absolute atomic E-state index is 0.112. The van der Waals surface area contributed by atoms with Crippen LogP contribution in [-0.2, 0) is 0 Å².